The lowest BCUT2D eigenvalue weighted by molar-refractivity contribution is -0.125. The van der Waals surface area contributed by atoms with Gasteiger partial charge in [-0.3, -0.25) is 14.9 Å². The van der Waals surface area contributed by atoms with Crippen molar-refractivity contribution < 1.29 is 9.59 Å². The first-order valence-corrected chi connectivity index (χ1v) is 9.05. The predicted octanol–water partition coefficient (Wildman–Crippen LogP) is 3.15. The fourth-order valence-electron chi connectivity index (χ4n) is 3.31. The summed E-state index contributed by atoms with van der Waals surface area (Å²) in [5.74, 6) is 0.839. The fraction of sp³-hybridized carbons (Fsp3) is 0.300. The maximum absolute atomic E-state index is 13.0. The van der Waals surface area contributed by atoms with E-state index in [1.54, 1.807) is 0 Å². The van der Waals surface area contributed by atoms with Gasteiger partial charge in [0.25, 0.3) is 0 Å². The van der Waals surface area contributed by atoms with E-state index in [4.69, 9.17) is 0 Å². The molecule has 1 aliphatic heterocycles. The van der Waals surface area contributed by atoms with Gasteiger partial charge in [-0.05, 0) is 17.4 Å². The molecule has 0 saturated carbocycles. The molecule has 0 bridgehead atoms. The minimum absolute atomic E-state index is 0.0358. The van der Waals surface area contributed by atoms with Gasteiger partial charge in [0.15, 0.2) is 5.82 Å². The van der Waals surface area contributed by atoms with Gasteiger partial charge < -0.3 is 5.32 Å². The molecule has 0 fully saturated rings. The molecule has 1 aliphatic rings. The van der Waals surface area contributed by atoms with E-state index in [0.717, 1.165) is 10.8 Å². The third-order valence-corrected chi connectivity index (χ3v) is 4.54. The fourth-order valence-corrected chi connectivity index (χ4v) is 3.31. The smallest absolute Gasteiger partial charge is 0.249 e. The van der Waals surface area contributed by atoms with Crippen molar-refractivity contribution >= 4 is 34.2 Å². The Kier molecular flexibility index (Phi) is 4.35. The molecule has 138 valence electrons. The summed E-state index contributed by atoms with van der Waals surface area (Å²) in [6, 6.07) is 12.9. The van der Waals surface area contributed by atoms with Crippen molar-refractivity contribution in [3.05, 3.63) is 48.3 Å². The summed E-state index contributed by atoms with van der Waals surface area (Å²) < 4.78 is 1.53. The molecule has 0 spiro atoms. The molecule has 3 aromatic rings. The first-order valence-electron chi connectivity index (χ1n) is 9.05. The molecule has 2 N–H and O–H groups in total. The molecule has 2 heterocycles. The second kappa shape index (κ2) is 6.83. The molecular formula is C20H21N5O2. The molecule has 1 aromatic heterocycles. The Balaban J connectivity index is 1.64. The van der Waals surface area contributed by atoms with Gasteiger partial charge in [-0.25, -0.2) is 4.68 Å². The third kappa shape index (κ3) is 3.40. The molecule has 2 aromatic carbocycles. The second-order valence-corrected chi connectivity index (χ2v) is 7.18. The number of amides is 2. The summed E-state index contributed by atoms with van der Waals surface area (Å²) in [4.78, 5) is 29.4. The number of carbonyl (C=O) groups excluding carboxylic acids is 2. The van der Waals surface area contributed by atoms with E-state index in [9.17, 15) is 9.59 Å². The van der Waals surface area contributed by atoms with Gasteiger partial charge in [-0.15, -0.1) is 0 Å². The summed E-state index contributed by atoms with van der Waals surface area (Å²) in [6.45, 7) is 4.15. The molecule has 4 rings (SSSR count). The van der Waals surface area contributed by atoms with Crippen molar-refractivity contribution in [3.63, 3.8) is 0 Å². The topological polar surface area (TPSA) is 88.9 Å². The summed E-state index contributed by atoms with van der Waals surface area (Å²) in [7, 11) is 0. The van der Waals surface area contributed by atoms with Gasteiger partial charge in [0.2, 0.25) is 17.8 Å². The van der Waals surface area contributed by atoms with Crippen molar-refractivity contribution in [2.24, 2.45) is 5.92 Å². The highest BCUT2D eigenvalue weighted by Gasteiger charge is 2.33. The summed E-state index contributed by atoms with van der Waals surface area (Å²) in [5.41, 5.74) is 0.716. The monoisotopic (exact) mass is 363 g/mol. The molecule has 7 nitrogen and oxygen atoms in total. The first kappa shape index (κ1) is 17.2. The van der Waals surface area contributed by atoms with Crippen LogP contribution in [0.4, 0.5) is 11.6 Å². The number of fused-ring (bicyclic) bond motifs is 2. The number of anilines is 2. The Hall–Kier alpha value is -3.22. The van der Waals surface area contributed by atoms with E-state index in [2.05, 4.69) is 34.6 Å². The zero-order chi connectivity index (χ0) is 19.0. The van der Waals surface area contributed by atoms with E-state index in [1.165, 1.54) is 4.68 Å². The predicted molar refractivity (Wildman–Crippen MR) is 103 cm³/mol. The quantitative estimate of drug-likeness (QED) is 0.745. The Labute approximate surface area is 156 Å². The molecule has 27 heavy (non-hydrogen) atoms. The Morgan fingerprint density at radius 2 is 2.04 bits per heavy atom. The van der Waals surface area contributed by atoms with Crippen molar-refractivity contribution in [2.45, 2.75) is 32.7 Å². The van der Waals surface area contributed by atoms with E-state index in [-0.39, 0.29) is 18.2 Å². The van der Waals surface area contributed by atoms with Crippen LogP contribution in [0.1, 0.15) is 32.1 Å². The van der Waals surface area contributed by atoms with Crippen LogP contribution in [0.25, 0.3) is 10.8 Å². The lowest BCUT2D eigenvalue weighted by atomic mass is 10.1. The summed E-state index contributed by atoms with van der Waals surface area (Å²) in [6.07, 6.45) is 0.724. The number of benzene rings is 2. The number of hydrogen-bond acceptors (Lipinski definition) is 4. The lowest BCUT2D eigenvalue weighted by Crippen LogP contribution is -2.36. The van der Waals surface area contributed by atoms with Gasteiger partial charge >= 0.3 is 0 Å². The standard InChI is InChI=1S/C20H21N5O2/c1-12(2)10-17-22-20-23-18(26)11-16(25(20)24-17)19(27)21-15-9-5-7-13-6-3-4-8-14(13)15/h3-9,12,16H,10-11H2,1-2H3,(H,21,27)(H,22,23,24,26)/t16-/m0/s1. The van der Waals surface area contributed by atoms with Crippen LogP contribution in [0.5, 0.6) is 0 Å². The number of rotatable bonds is 4. The third-order valence-electron chi connectivity index (χ3n) is 4.54. The number of aromatic nitrogens is 3. The van der Waals surface area contributed by atoms with Crippen molar-refractivity contribution in [1.82, 2.24) is 14.8 Å². The number of carbonyl (C=O) groups is 2. The summed E-state index contributed by atoms with van der Waals surface area (Å²) in [5, 5.41) is 12.1. The van der Waals surface area contributed by atoms with Crippen molar-refractivity contribution in [3.8, 4) is 0 Å². The van der Waals surface area contributed by atoms with Gasteiger partial charge in [0.1, 0.15) is 6.04 Å². The van der Waals surface area contributed by atoms with Crippen LogP contribution < -0.4 is 10.6 Å². The molecule has 0 unspecified atom stereocenters. The Bertz CT molecular complexity index is 1020. The van der Waals surface area contributed by atoms with Crippen LogP contribution in [-0.4, -0.2) is 26.6 Å². The zero-order valence-corrected chi connectivity index (χ0v) is 15.3. The summed E-state index contributed by atoms with van der Waals surface area (Å²) >= 11 is 0. The second-order valence-electron chi connectivity index (χ2n) is 7.18. The highest BCUT2D eigenvalue weighted by molar-refractivity contribution is 6.05. The molecule has 0 saturated heterocycles. The molecule has 0 aliphatic carbocycles. The minimum atomic E-state index is -0.721. The lowest BCUT2D eigenvalue weighted by Gasteiger charge is -2.22. The number of nitrogens with zero attached hydrogens (tertiary/aromatic N) is 3. The molecule has 1 atom stereocenters. The van der Waals surface area contributed by atoms with Gasteiger partial charge in [-0.1, -0.05) is 50.2 Å². The maximum Gasteiger partial charge on any atom is 0.249 e. The number of nitrogens with one attached hydrogen (secondary N) is 2. The zero-order valence-electron chi connectivity index (χ0n) is 15.3. The average molecular weight is 363 g/mol. The van der Waals surface area contributed by atoms with Gasteiger partial charge in [0.05, 0.1) is 6.42 Å². The van der Waals surface area contributed by atoms with E-state index >= 15 is 0 Å². The highest BCUT2D eigenvalue weighted by atomic mass is 16.2. The normalized spacial score (nSPS) is 16.3. The maximum atomic E-state index is 13.0. The van der Waals surface area contributed by atoms with Crippen LogP contribution in [0.3, 0.4) is 0 Å². The first-order chi connectivity index (χ1) is 13.0. The van der Waals surface area contributed by atoms with Crippen molar-refractivity contribution in [2.75, 3.05) is 10.6 Å². The average Bonchev–Trinajstić information content (AvgIpc) is 3.02. The largest absolute Gasteiger partial charge is 0.324 e. The van der Waals surface area contributed by atoms with E-state index in [0.29, 0.717) is 29.8 Å². The minimum Gasteiger partial charge on any atom is -0.324 e. The molecule has 2 amide bonds. The van der Waals surface area contributed by atoms with E-state index < -0.39 is 6.04 Å². The van der Waals surface area contributed by atoms with Gasteiger partial charge in [-0.2, -0.15) is 10.1 Å². The van der Waals surface area contributed by atoms with Crippen LogP contribution in [0, 0.1) is 5.92 Å². The molecular weight excluding hydrogens is 342 g/mol. The van der Waals surface area contributed by atoms with Crippen molar-refractivity contribution in [1.29, 1.82) is 0 Å². The van der Waals surface area contributed by atoms with Gasteiger partial charge in [0, 0.05) is 17.5 Å². The molecule has 7 heteroatoms. The highest BCUT2D eigenvalue weighted by Crippen LogP contribution is 2.27. The van der Waals surface area contributed by atoms with Crippen LogP contribution in [0.15, 0.2) is 42.5 Å². The van der Waals surface area contributed by atoms with E-state index in [1.807, 2.05) is 42.5 Å². The SMILES string of the molecule is CC(C)Cc1nc2n(n1)[C@H](C(=O)Nc1cccc3ccccc13)CC(=O)N2. The Morgan fingerprint density at radius 1 is 1.26 bits per heavy atom. The molecule has 0 radical (unpaired) electrons. The Morgan fingerprint density at radius 3 is 2.85 bits per heavy atom. The van der Waals surface area contributed by atoms with Crippen LogP contribution in [-0.2, 0) is 16.0 Å². The van der Waals surface area contributed by atoms with Crippen LogP contribution in [0.2, 0.25) is 0 Å². The van der Waals surface area contributed by atoms with Crippen LogP contribution >= 0.6 is 0 Å². The number of hydrogen-bond donors (Lipinski definition) is 2.